The minimum atomic E-state index is 0.334. The summed E-state index contributed by atoms with van der Waals surface area (Å²) in [5, 5.41) is 7.30. The molecule has 1 aliphatic rings. The van der Waals surface area contributed by atoms with Crippen LogP contribution < -0.4 is 5.32 Å². The van der Waals surface area contributed by atoms with Crippen LogP contribution in [0.2, 0.25) is 0 Å². The third kappa shape index (κ3) is 2.08. The summed E-state index contributed by atoms with van der Waals surface area (Å²) >= 11 is 0. The summed E-state index contributed by atoms with van der Waals surface area (Å²) in [4.78, 5) is 11.7. The molecule has 1 aliphatic heterocycles. The van der Waals surface area contributed by atoms with Gasteiger partial charge in [0.05, 0.1) is 5.92 Å². The minimum Gasteiger partial charge on any atom is -0.339 e. The molecule has 6 heteroatoms. The molecule has 0 spiro atoms. The van der Waals surface area contributed by atoms with Crippen molar-refractivity contribution in [3.05, 3.63) is 17.8 Å². The maximum atomic E-state index is 5.31. The number of imidazole rings is 1. The highest BCUT2D eigenvalue weighted by atomic mass is 16.5. The first kappa shape index (κ1) is 10.5. The Hall–Kier alpha value is -1.69. The summed E-state index contributed by atoms with van der Waals surface area (Å²) in [6.45, 7) is 3.94. The van der Waals surface area contributed by atoms with Crippen LogP contribution in [0.1, 0.15) is 30.3 Å². The largest absolute Gasteiger partial charge is 0.339 e. The van der Waals surface area contributed by atoms with E-state index in [9.17, 15) is 0 Å². The van der Waals surface area contributed by atoms with E-state index in [-0.39, 0.29) is 0 Å². The monoisotopic (exact) mass is 233 g/mol. The van der Waals surface area contributed by atoms with Gasteiger partial charge in [-0.05, 0) is 26.3 Å². The second kappa shape index (κ2) is 4.29. The number of aryl methyl sites for hydroxylation is 1. The van der Waals surface area contributed by atoms with Crippen molar-refractivity contribution < 1.29 is 4.52 Å². The molecule has 1 fully saturated rings. The first-order valence-corrected chi connectivity index (χ1v) is 5.89. The van der Waals surface area contributed by atoms with Gasteiger partial charge in [-0.25, -0.2) is 4.98 Å². The summed E-state index contributed by atoms with van der Waals surface area (Å²) in [5.74, 6) is 2.25. The van der Waals surface area contributed by atoms with E-state index in [2.05, 4.69) is 25.4 Å². The van der Waals surface area contributed by atoms with E-state index in [0.29, 0.717) is 23.5 Å². The lowest BCUT2D eigenvalue weighted by Gasteiger charge is -2.18. The second-order valence-corrected chi connectivity index (χ2v) is 4.41. The third-order valence-electron chi connectivity index (χ3n) is 3.00. The van der Waals surface area contributed by atoms with E-state index in [1.807, 2.05) is 6.92 Å². The van der Waals surface area contributed by atoms with Crippen molar-refractivity contribution in [1.29, 1.82) is 0 Å². The lowest BCUT2D eigenvalue weighted by Crippen LogP contribution is -2.28. The number of H-pyrrole nitrogens is 1. The number of hydrogen-bond acceptors (Lipinski definition) is 5. The van der Waals surface area contributed by atoms with E-state index in [1.54, 1.807) is 6.20 Å². The maximum Gasteiger partial charge on any atom is 0.238 e. The van der Waals surface area contributed by atoms with Crippen LogP contribution in [0.3, 0.4) is 0 Å². The predicted molar refractivity (Wildman–Crippen MR) is 61.5 cm³/mol. The molecule has 17 heavy (non-hydrogen) atoms. The van der Waals surface area contributed by atoms with Gasteiger partial charge in [-0.15, -0.1) is 0 Å². The Morgan fingerprint density at radius 2 is 2.41 bits per heavy atom. The average Bonchev–Trinajstić information content (AvgIpc) is 2.98. The van der Waals surface area contributed by atoms with Crippen LogP contribution in [0.4, 0.5) is 0 Å². The first-order chi connectivity index (χ1) is 8.33. The molecule has 0 aliphatic carbocycles. The molecule has 2 aromatic rings. The fourth-order valence-electron chi connectivity index (χ4n) is 2.09. The van der Waals surface area contributed by atoms with E-state index < -0.39 is 0 Å². The highest BCUT2D eigenvalue weighted by Gasteiger charge is 2.22. The standard InChI is InChI=1S/C11H15N5O/c1-7-5-13-9(14-7)10-15-11(17-16-10)8-3-2-4-12-6-8/h5,8,12H,2-4,6H2,1H3,(H,13,14). The molecule has 0 radical (unpaired) electrons. The summed E-state index contributed by atoms with van der Waals surface area (Å²) < 4.78 is 5.31. The smallest absolute Gasteiger partial charge is 0.238 e. The van der Waals surface area contributed by atoms with Crippen LogP contribution in [0.5, 0.6) is 0 Å². The third-order valence-corrected chi connectivity index (χ3v) is 3.00. The molecule has 90 valence electrons. The molecular formula is C11H15N5O. The van der Waals surface area contributed by atoms with Gasteiger partial charge in [-0.3, -0.25) is 0 Å². The molecule has 0 amide bonds. The van der Waals surface area contributed by atoms with Gasteiger partial charge in [-0.1, -0.05) is 5.16 Å². The molecule has 0 aromatic carbocycles. The van der Waals surface area contributed by atoms with Crippen LogP contribution in [0.25, 0.3) is 11.6 Å². The van der Waals surface area contributed by atoms with Crippen molar-refractivity contribution in [2.75, 3.05) is 13.1 Å². The zero-order valence-corrected chi connectivity index (χ0v) is 9.73. The normalized spacial score (nSPS) is 20.6. The number of nitrogens with one attached hydrogen (secondary N) is 2. The Morgan fingerprint density at radius 3 is 3.12 bits per heavy atom. The van der Waals surface area contributed by atoms with Crippen LogP contribution in [-0.2, 0) is 0 Å². The van der Waals surface area contributed by atoms with Crippen molar-refractivity contribution in [3.63, 3.8) is 0 Å². The molecule has 3 heterocycles. The van der Waals surface area contributed by atoms with E-state index in [0.717, 1.165) is 31.6 Å². The molecule has 1 saturated heterocycles. The molecule has 2 aromatic heterocycles. The number of nitrogens with zero attached hydrogens (tertiary/aromatic N) is 3. The van der Waals surface area contributed by atoms with Crippen molar-refractivity contribution in [2.45, 2.75) is 25.7 Å². The van der Waals surface area contributed by atoms with Gasteiger partial charge in [0.25, 0.3) is 0 Å². The summed E-state index contributed by atoms with van der Waals surface area (Å²) in [7, 11) is 0. The number of aromatic nitrogens is 4. The zero-order valence-electron chi connectivity index (χ0n) is 9.73. The highest BCUT2D eigenvalue weighted by molar-refractivity contribution is 5.42. The Labute approximate surface area is 98.8 Å². The average molecular weight is 233 g/mol. The Morgan fingerprint density at radius 1 is 1.47 bits per heavy atom. The molecule has 1 atom stereocenters. The van der Waals surface area contributed by atoms with Gasteiger partial charge in [-0.2, -0.15) is 4.98 Å². The second-order valence-electron chi connectivity index (χ2n) is 4.41. The van der Waals surface area contributed by atoms with Gasteiger partial charge in [0.1, 0.15) is 0 Å². The molecule has 0 bridgehead atoms. The van der Waals surface area contributed by atoms with Gasteiger partial charge >= 0.3 is 0 Å². The SMILES string of the molecule is Cc1cnc(-c2noc(C3CCCNC3)n2)[nH]1. The molecule has 2 N–H and O–H groups in total. The number of piperidine rings is 1. The van der Waals surface area contributed by atoms with Crippen molar-refractivity contribution in [1.82, 2.24) is 25.4 Å². The van der Waals surface area contributed by atoms with Crippen LogP contribution in [0.15, 0.2) is 10.7 Å². The minimum absolute atomic E-state index is 0.334. The fourth-order valence-corrected chi connectivity index (χ4v) is 2.09. The zero-order chi connectivity index (χ0) is 11.7. The lowest BCUT2D eigenvalue weighted by atomic mass is 10.00. The highest BCUT2D eigenvalue weighted by Crippen LogP contribution is 2.23. The number of hydrogen-bond donors (Lipinski definition) is 2. The van der Waals surface area contributed by atoms with Crippen molar-refractivity contribution >= 4 is 0 Å². The molecule has 0 saturated carbocycles. The van der Waals surface area contributed by atoms with Crippen molar-refractivity contribution in [3.8, 4) is 11.6 Å². The van der Waals surface area contributed by atoms with E-state index in [4.69, 9.17) is 4.52 Å². The number of rotatable bonds is 2. The van der Waals surface area contributed by atoms with E-state index in [1.165, 1.54) is 0 Å². The van der Waals surface area contributed by atoms with Crippen LogP contribution >= 0.6 is 0 Å². The molecule has 3 rings (SSSR count). The fraction of sp³-hybridized carbons (Fsp3) is 0.545. The van der Waals surface area contributed by atoms with E-state index >= 15 is 0 Å². The Bertz CT molecular complexity index is 497. The maximum absolute atomic E-state index is 5.31. The molecule has 6 nitrogen and oxygen atoms in total. The topological polar surface area (TPSA) is 79.6 Å². The van der Waals surface area contributed by atoms with Crippen LogP contribution in [0, 0.1) is 6.92 Å². The summed E-state index contributed by atoms with van der Waals surface area (Å²) in [6.07, 6.45) is 4.02. The Kier molecular flexibility index (Phi) is 2.64. The lowest BCUT2D eigenvalue weighted by molar-refractivity contribution is 0.322. The number of aromatic amines is 1. The van der Waals surface area contributed by atoms with Gasteiger partial charge in [0.2, 0.25) is 11.7 Å². The quantitative estimate of drug-likeness (QED) is 0.815. The molecular weight excluding hydrogens is 218 g/mol. The van der Waals surface area contributed by atoms with Crippen molar-refractivity contribution in [2.24, 2.45) is 0 Å². The first-order valence-electron chi connectivity index (χ1n) is 5.89. The van der Waals surface area contributed by atoms with Gasteiger partial charge < -0.3 is 14.8 Å². The summed E-state index contributed by atoms with van der Waals surface area (Å²) in [5.41, 5.74) is 0.991. The van der Waals surface area contributed by atoms with Gasteiger partial charge in [0, 0.05) is 18.4 Å². The Balaban J connectivity index is 1.82. The van der Waals surface area contributed by atoms with Gasteiger partial charge in [0.15, 0.2) is 5.82 Å². The summed E-state index contributed by atoms with van der Waals surface area (Å²) in [6, 6.07) is 0. The predicted octanol–water partition coefficient (Wildman–Crippen LogP) is 1.24. The molecule has 1 unspecified atom stereocenters. The van der Waals surface area contributed by atoms with Crippen LogP contribution in [-0.4, -0.2) is 33.2 Å².